The van der Waals surface area contributed by atoms with E-state index in [4.69, 9.17) is 4.74 Å². The molecule has 2 aromatic heterocycles. The van der Waals surface area contributed by atoms with E-state index in [-0.39, 0.29) is 29.5 Å². The summed E-state index contributed by atoms with van der Waals surface area (Å²) in [7, 11) is 3.77. The summed E-state index contributed by atoms with van der Waals surface area (Å²) in [6.45, 7) is 1.06. The first-order valence-electron chi connectivity index (χ1n) is 11.4. The summed E-state index contributed by atoms with van der Waals surface area (Å²) in [6, 6.07) is 11.1. The second kappa shape index (κ2) is 10.9. The Balaban J connectivity index is 1.74. The molecular weight excluding hydrogens is 512 g/mol. The number of aromatic nitrogens is 3. The lowest BCUT2D eigenvalue weighted by atomic mass is 10.0. The number of alkyl halides is 6. The van der Waals surface area contributed by atoms with Crippen molar-refractivity contribution in [2.45, 2.75) is 19.0 Å². The number of hydrogen-bond donors (Lipinski definition) is 1. The summed E-state index contributed by atoms with van der Waals surface area (Å²) in [5.41, 5.74) is -1.08. The number of ether oxygens (including phenoxy) is 1. The minimum absolute atomic E-state index is 0.0209. The number of pyridine rings is 1. The summed E-state index contributed by atoms with van der Waals surface area (Å²) in [4.78, 5) is 14.8. The van der Waals surface area contributed by atoms with Gasteiger partial charge in [0.05, 0.1) is 28.9 Å². The van der Waals surface area contributed by atoms with Gasteiger partial charge in [0.2, 0.25) is 0 Å². The highest BCUT2D eigenvalue weighted by atomic mass is 19.4. The van der Waals surface area contributed by atoms with Gasteiger partial charge >= 0.3 is 12.4 Å². The van der Waals surface area contributed by atoms with Gasteiger partial charge in [0.1, 0.15) is 12.4 Å². The van der Waals surface area contributed by atoms with Crippen LogP contribution < -0.4 is 5.32 Å². The van der Waals surface area contributed by atoms with Crippen molar-refractivity contribution in [3.05, 3.63) is 77.7 Å². The van der Waals surface area contributed by atoms with Crippen LogP contribution in [-0.4, -0.2) is 47.1 Å². The van der Waals surface area contributed by atoms with E-state index in [1.165, 1.54) is 36.5 Å². The maximum absolute atomic E-state index is 13.6. The van der Waals surface area contributed by atoms with Crippen LogP contribution in [0.4, 0.5) is 37.8 Å². The average Bonchev–Trinajstić information content (AvgIpc) is 2.85. The fourth-order valence-electron chi connectivity index (χ4n) is 3.64. The van der Waals surface area contributed by atoms with E-state index in [2.05, 4.69) is 20.3 Å². The Morgan fingerprint density at radius 2 is 1.63 bits per heavy atom. The van der Waals surface area contributed by atoms with Crippen LogP contribution in [0.2, 0.25) is 0 Å². The molecule has 12 heteroatoms. The van der Waals surface area contributed by atoms with Crippen molar-refractivity contribution in [3.8, 4) is 11.3 Å². The van der Waals surface area contributed by atoms with Crippen LogP contribution in [0.1, 0.15) is 17.0 Å². The van der Waals surface area contributed by atoms with E-state index < -0.39 is 23.5 Å². The molecule has 0 aliphatic rings. The van der Waals surface area contributed by atoms with Crippen LogP contribution in [0, 0.1) is 0 Å². The fourth-order valence-corrected chi connectivity index (χ4v) is 3.64. The monoisotopic (exact) mass is 535 g/mol. The van der Waals surface area contributed by atoms with Crippen LogP contribution in [0.25, 0.3) is 22.2 Å². The number of halogens is 6. The zero-order valence-electron chi connectivity index (χ0n) is 20.4. The van der Waals surface area contributed by atoms with Crippen LogP contribution in [0.15, 0.2) is 60.8 Å². The van der Waals surface area contributed by atoms with Gasteiger partial charge in [-0.05, 0) is 62.6 Å². The molecule has 0 atom stereocenters. The van der Waals surface area contributed by atoms with E-state index >= 15 is 0 Å². The molecule has 4 aromatic rings. The average molecular weight is 535 g/mol. The van der Waals surface area contributed by atoms with E-state index in [0.29, 0.717) is 29.7 Å². The van der Waals surface area contributed by atoms with E-state index in [9.17, 15) is 26.3 Å². The fraction of sp³-hybridized carbons (Fsp3) is 0.269. The standard InChI is InChI=1S/C26H23F6N5O/c1-37(2)12-13-38-15-22-35-21-14-16(23-20(26(30,31)32)4-3-11-33-23)5-10-19(21)24(36-22)34-18-8-6-17(7-9-18)25(27,28)29/h3-11,14H,12-13,15H2,1-2H3,(H,34,35,36). The SMILES string of the molecule is CN(C)CCOCc1nc(Nc2ccc(C(F)(F)F)cc2)c2ccc(-c3ncccc3C(F)(F)F)cc2n1. The molecular formula is C26H23F6N5O. The second-order valence-corrected chi connectivity index (χ2v) is 8.67. The van der Waals surface area contributed by atoms with Gasteiger partial charge in [-0.3, -0.25) is 4.98 Å². The normalized spacial score (nSPS) is 12.3. The van der Waals surface area contributed by atoms with Crippen LogP contribution in [0.3, 0.4) is 0 Å². The summed E-state index contributed by atoms with van der Waals surface area (Å²) >= 11 is 0. The summed E-state index contributed by atoms with van der Waals surface area (Å²) in [6.07, 6.45) is -7.81. The Hall–Kier alpha value is -3.77. The van der Waals surface area contributed by atoms with Crippen LogP contribution in [-0.2, 0) is 23.7 Å². The van der Waals surface area contributed by atoms with Crippen molar-refractivity contribution in [1.82, 2.24) is 19.9 Å². The van der Waals surface area contributed by atoms with Gasteiger partial charge in [0, 0.05) is 29.4 Å². The number of rotatable bonds is 8. The largest absolute Gasteiger partial charge is 0.418 e. The predicted octanol–water partition coefficient (Wildman–Crippen LogP) is 6.55. The van der Waals surface area contributed by atoms with Crippen LogP contribution >= 0.6 is 0 Å². The van der Waals surface area contributed by atoms with Crippen molar-refractivity contribution in [3.63, 3.8) is 0 Å². The molecule has 2 heterocycles. The van der Waals surface area contributed by atoms with Crippen molar-refractivity contribution in [1.29, 1.82) is 0 Å². The number of nitrogens with zero attached hydrogens (tertiary/aromatic N) is 4. The minimum atomic E-state index is -4.61. The van der Waals surface area contributed by atoms with Gasteiger partial charge in [0.25, 0.3) is 0 Å². The number of likely N-dealkylation sites (N-methyl/N-ethyl adjacent to an activating group) is 1. The van der Waals surface area contributed by atoms with Gasteiger partial charge < -0.3 is 15.0 Å². The van der Waals surface area contributed by atoms with E-state index in [1.807, 2.05) is 19.0 Å². The highest BCUT2D eigenvalue weighted by Gasteiger charge is 2.34. The maximum Gasteiger partial charge on any atom is 0.418 e. The van der Waals surface area contributed by atoms with Gasteiger partial charge in [-0.2, -0.15) is 26.3 Å². The number of nitrogens with one attached hydrogen (secondary N) is 1. The molecule has 0 fully saturated rings. The van der Waals surface area contributed by atoms with Crippen molar-refractivity contribution >= 4 is 22.4 Å². The predicted molar refractivity (Wildman–Crippen MR) is 131 cm³/mol. The zero-order valence-corrected chi connectivity index (χ0v) is 20.4. The summed E-state index contributed by atoms with van der Waals surface area (Å²) < 4.78 is 85.2. The smallest absolute Gasteiger partial charge is 0.372 e. The Labute approximate surface area is 214 Å². The third-order valence-corrected chi connectivity index (χ3v) is 5.52. The number of fused-ring (bicyclic) bond motifs is 1. The van der Waals surface area contributed by atoms with Crippen molar-refractivity contribution < 1.29 is 31.1 Å². The molecule has 0 unspecified atom stereocenters. The highest BCUT2D eigenvalue weighted by molar-refractivity contribution is 5.93. The topological polar surface area (TPSA) is 63.2 Å². The molecule has 38 heavy (non-hydrogen) atoms. The highest BCUT2D eigenvalue weighted by Crippen LogP contribution is 2.37. The molecule has 0 bridgehead atoms. The first kappa shape index (κ1) is 27.3. The van der Waals surface area contributed by atoms with Crippen molar-refractivity contribution in [2.75, 3.05) is 32.6 Å². The molecule has 2 aromatic carbocycles. The van der Waals surface area contributed by atoms with Gasteiger partial charge in [-0.15, -0.1) is 0 Å². The second-order valence-electron chi connectivity index (χ2n) is 8.67. The quantitative estimate of drug-likeness (QED) is 0.204. The van der Waals surface area contributed by atoms with Gasteiger partial charge in [-0.1, -0.05) is 6.07 Å². The third kappa shape index (κ3) is 6.56. The molecule has 6 nitrogen and oxygen atoms in total. The maximum atomic E-state index is 13.6. The number of hydrogen-bond acceptors (Lipinski definition) is 6. The molecule has 200 valence electrons. The molecule has 0 radical (unpaired) electrons. The molecule has 0 spiro atoms. The Morgan fingerprint density at radius 1 is 0.895 bits per heavy atom. The third-order valence-electron chi connectivity index (χ3n) is 5.52. The first-order valence-corrected chi connectivity index (χ1v) is 11.4. The molecule has 0 aliphatic heterocycles. The number of benzene rings is 2. The van der Waals surface area contributed by atoms with Gasteiger partial charge in [-0.25, -0.2) is 9.97 Å². The van der Waals surface area contributed by atoms with E-state index in [1.54, 1.807) is 6.07 Å². The molecule has 0 saturated heterocycles. The Kier molecular flexibility index (Phi) is 7.83. The van der Waals surface area contributed by atoms with E-state index in [0.717, 1.165) is 18.2 Å². The van der Waals surface area contributed by atoms with Gasteiger partial charge in [0.15, 0.2) is 5.82 Å². The Morgan fingerprint density at radius 3 is 2.29 bits per heavy atom. The van der Waals surface area contributed by atoms with Crippen LogP contribution in [0.5, 0.6) is 0 Å². The summed E-state index contributed by atoms with van der Waals surface area (Å²) in [5.74, 6) is 0.518. The lowest BCUT2D eigenvalue weighted by Gasteiger charge is -2.15. The lowest BCUT2D eigenvalue weighted by Crippen LogP contribution is -2.18. The molecule has 0 amide bonds. The lowest BCUT2D eigenvalue weighted by molar-refractivity contribution is -0.138. The molecule has 0 saturated carbocycles. The van der Waals surface area contributed by atoms with Crippen molar-refractivity contribution in [2.24, 2.45) is 0 Å². The first-order chi connectivity index (χ1) is 17.9. The Bertz CT molecular complexity index is 1400. The number of anilines is 2. The summed E-state index contributed by atoms with van der Waals surface area (Å²) in [5, 5.41) is 3.45. The molecule has 4 rings (SSSR count). The molecule has 0 aliphatic carbocycles. The zero-order chi connectivity index (χ0) is 27.5. The minimum Gasteiger partial charge on any atom is -0.372 e. The molecule has 1 N–H and O–H groups in total.